The van der Waals surface area contributed by atoms with E-state index in [-0.39, 0.29) is 17.5 Å². The molecule has 0 spiro atoms. The van der Waals surface area contributed by atoms with Gasteiger partial charge in [0.15, 0.2) is 5.76 Å². The minimum absolute atomic E-state index is 0.254. The molecule has 2 rings (SSSR count). The van der Waals surface area contributed by atoms with Crippen molar-refractivity contribution in [1.82, 2.24) is 5.32 Å². The zero-order chi connectivity index (χ0) is 13.0. The van der Waals surface area contributed by atoms with E-state index in [0.717, 1.165) is 4.47 Å². The van der Waals surface area contributed by atoms with Crippen LogP contribution in [0.1, 0.15) is 16.1 Å². The van der Waals surface area contributed by atoms with Gasteiger partial charge in [0.25, 0.3) is 5.91 Å². The number of amides is 1. The van der Waals surface area contributed by atoms with Crippen molar-refractivity contribution in [3.63, 3.8) is 0 Å². The van der Waals surface area contributed by atoms with E-state index in [0.29, 0.717) is 18.5 Å². The van der Waals surface area contributed by atoms with Crippen LogP contribution in [0.5, 0.6) is 0 Å². The zero-order valence-corrected chi connectivity index (χ0v) is 11.0. The highest BCUT2D eigenvalue weighted by Crippen LogP contribution is 2.15. The predicted molar refractivity (Wildman–Crippen MR) is 68.8 cm³/mol. The van der Waals surface area contributed by atoms with Crippen LogP contribution in [-0.4, -0.2) is 12.5 Å². The van der Waals surface area contributed by atoms with Crippen molar-refractivity contribution in [2.24, 2.45) is 0 Å². The Hall–Kier alpha value is -1.62. The Morgan fingerprint density at radius 3 is 2.94 bits per heavy atom. The molecular weight excluding hydrogens is 301 g/mol. The molecule has 0 aliphatic carbocycles. The van der Waals surface area contributed by atoms with Crippen molar-refractivity contribution >= 4 is 21.8 Å². The van der Waals surface area contributed by atoms with Crippen LogP contribution in [0.3, 0.4) is 0 Å². The summed E-state index contributed by atoms with van der Waals surface area (Å²) in [5, 5.41) is 2.67. The molecule has 0 aliphatic rings. The molecule has 1 amide bonds. The summed E-state index contributed by atoms with van der Waals surface area (Å²) in [4.78, 5) is 11.5. The molecule has 0 atom stereocenters. The quantitative estimate of drug-likeness (QED) is 0.942. The second-order valence-electron chi connectivity index (χ2n) is 3.72. The standard InChI is InChI=1S/C13H11BrFNO2/c14-10-3-4-11(15)9(8-10)5-6-16-13(17)12-2-1-7-18-12/h1-4,7-8H,5-6H2,(H,16,17). The average molecular weight is 312 g/mol. The number of furan rings is 1. The molecule has 2 aromatic rings. The molecule has 1 N–H and O–H groups in total. The van der Waals surface area contributed by atoms with Gasteiger partial charge in [0.2, 0.25) is 0 Å². The number of halogens is 2. The van der Waals surface area contributed by atoms with E-state index < -0.39 is 0 Å². The summed E-state index contributed by atoms with van der Waals surface area (Å²) in [7, 11) is 0. The first kappa shape index (κ1) is 12.8. The van der Waals surface area contributed by atoms with Gasteiger partial charge in [-0.05, 0) is 42.3 Å². The van der Waals surface area contributed by atoms with Crippen LogP contribution in [0.4, 0.5) is 4.39 Å². The van der Waals surface area contributed by atoms with E-state index in [4.69, 9.17) is 4.42 Å². The van der Waals surface area contributed by atoms with Gasteiger partial charge in [-0.25, -0.2) is 4.39 Å². The Balaban J connectivity index is 1.89. The largest absolute Gasteiger partial charge is 0.459 e. The Morgan fingerprint density at radius 2 is 2.22 bits per heavy atom. The first-order valence-corrected chi connectivity index (χ1v) is 6.22. The normalized spacial score (nSPS) is 10.3. The van der Waals surface area contributed by atoms with Crippen molar-refractivity contribution < 1.29 is 13.6 Å². The third-order valence-corrected chi connectivity index (χ3v) is 2.93. The summed E-state index contributed by atoms with van der Waals surface area (Å²) in [6.07, 6.45) is 1.86. The Kier molecular flexibility index (Phi) is 4.15. The van der Waals surface area contributed by atoms with Crippen LogP contribution >= 0.6 is 15.9 Å². The molecule has 0 aliphatic heterocycles. The van der Waals surface area contributed by atoms with E-state index >= 15 is 0 Å². The van der Waals surface area contributed by atoms with E-state index in [1.54, 1.807) is 24.3 Å². The summed E-state index contributed by atoms with van der Waals surface area (Å²) in [5.74, 6) is -0.314. The molecule has 1 aromatic carbocycles. The number of hydrogen-bond acceptors (Lipinski definition) is 2. The van der Waals surface area contributed by atoms with Gasteiger partial charge >= 0.3 is 0 Å². The minimum Gasteiger partial charge on any atom is -0.459 e. The molecule has 3 nitrogen and oxygen atoms in total. The van der Waals surface area contributed by atoms with Crippen LogP contribution in [0.15, 0.2) is 45.5 Å². The highest BCUT2D eigenvalue weighted by atomic mass is 79.9. The highest BCUT2D eigenvalue weighted by Gasteiger charge is 2.08. The molecular formula is C13H11BrFNO2. The van der Waals surface area contributed by atoms with Gasteiger partial charge in [-0.2, -0.15) is 0 Å². The van der Waals surface area contributed by atoms with Crippen LogP contribution in [0.2, 0.25) is 0 Å². The highest BCUT2D eigenvalue weighted by molar-refractivity contribution is 9.10. The molecule has 0 saturated carbocycles. The second-order valence-corrected chi connectivity index (χ2v) is 4.63. The van der Waals surface area contributed by atoms with Gasteiger partial charge in [0.1, 0.15) is 5.82 Å². The smallest absolute Gasteiger partial charge is 0.286 e. The number of hydrogen-bond donors (Lipinski definition) is 1. The van der Waals surface area contributed by atoms with Gasteiger partial charge in [-0.3, -0.25) is 4.79 Å². The summed E-state index contributed by atoms with van der Waals surface area (Å²) in [6, 6.07) is 7.96. The first-order chi connectivity index (χ1) is 8.66. The molecule has 0 bridgehead atoms. The molecule has 0 radical (unpaired) electrons. The van der Waals surface area contributed by atoms with Gasteiger partial charge in [-0.15, -0.1) is 0 Å². The number of benzene rings is 1. The van der Waals surface area contributed by atoms with Gasteiger partial charge in [0, 0.05) is 11.0 Å². The monoisotopic (exact) mass is 311 g/mol. The molecule has 1 aromatic heterocycles. The second kappa shape index (κ2) is 5.82. The summed E-state index contributed by atoms with van der Waals surface area (Å²) >= 11 is 3.28. The summed E-state index contributed by atoms with van der Waals surface area (Å²) in [6.45, 7) is 0.354. The lowest BCUT2D eigenvalue weighted by Gasteiger charge is -2.05. The minimum atomic E-state index is -0.296. The summed E-state index contributed by atoms with van der Waals surface area (Å²) < 4.78 is 19.2. The molecule has 5 heteroatoms. The predicted octanol–water partition coefficient (Wildman–Crippen LogP) is 3.15. The SMILES string of the molecule is O=C(NCCc1cc(Br)ccc1F)c1ccco1. The maximum Gasteiger partial charge on any atom is 0.286 e. The Morgan fingerprint density at radius 1 is 1.39 bits per heavy atom. The zero-order valence-electron chi connectivity index (χ0n) is 9.45. The number of carbonyl (C=O) groups excluding carboxylic acids is 1. The first-order valence-electron chi connectivity index (χ1n) is 5.42. The van der Waals surface area contributed by atoms with Crippen molar-refractivity contribution in [3.05, 3.63) is 58.2 Å². The lowest BCUT2D eigenvalue weighted by molar-refractivity contribution is 0.0926. The lowest BCUT2D eigenvalue weighted by atomic mass is 10.1. The molecule has 94 valence electrons. The van der Waals surface area contributed by atoms with E-state index in [1.165, 1.54) is 12.3 Å². The van der Waals surface area contributed by atoms with Gasteiger partial charge in [0.05, 0.1) is 6.26 Å². The molecule has 0 fully saturated rings. The van der Waals surface area contributed by atoms with Crippen molar-refractivity contribution in [2.45, 2.75) is 6.42 Å². The van der Waals surface area contributed by atoms with Crippen LogP contribution in [0.25, 0.3) is 0 Å². The fourth-order valence-electron chi connectivity index (χ4n) is 1.54. The number of nitrogens with one attached hydrogen (secondary N) is 1. The molecule has 0 saturated heterocycles. The Labute approximate surface area is 112 Å². The van der Waals surface area contributed by atoms with Crippen LogP contribution < -0.4 is 5.32 Å². The maximum atomic E-state index is 13.4. The topological polar surface area (TPSA) is 42.2 Å². The van der Waals surface area contributed by atoms with Crippen molar-refractivity contribution in [1.29, 1.82) is 0 Å². The number of rotatable bonds is 4. The van der Waals surface area contributed by atoms with Crippen molar-refractivity contribution in [3.8, 4) is 0 Å². The van der Waals surface area contributed by atoms with Crippen molar-refractivity contribution in [2.75, 3.05) is 6.54 Å². The van der Waals surface area contributed by atoms with E-state index in [2.05, 4.69) is 21.2 Å². The fourth-order valence-corrected chi connectivity index (χ4v) is 1.95. The maximum absolute atomic E-state index is 13.4. The third kappa shape index (κ3) is 3.20. The van der Waals surface area contributed by atoms with E-state index in [9.17, 15) is 9.18 Å². The molecule has 1 heterocycles. The lowest BCUT2D eigenvalue weighted by Crippen LogP contribution is -2.25. The third-order valence-electron chi connectivity index (χ3n) is 2.43. The van der Waals surface area contributed by atoms with Crippen LogP contribution in [-0.2, 0) is 6.42 Å². The fraction of sp³-hybridized carbons (Fsp3) is 0.154. The molecule has 0 unspecified atom stereocenters. The van der Waals surface area contributed by atoms with Gasteiger partial charge in [-0.1, -0.05) is 15.9 Å². The average Bonchev–Trinajstić information content (AvgIpc) is 2.87. The summed E-state index contributed by atoms with van der Waals surface area (Å²) in [5.41, 5.74) is 0.559. The Bertz CT molecular complexity index is 540. The number of carbonyl (C=O) groups is 1. The van der Waals surface area contributed by atoms with Crippen LogP contribution in [0, 0.1) is 5.82 Å². The van der Waals surface area contributed by atoms with Gasteiger partial charge < -0.3 is 9.73 Å². The molecule has 18 heavy (non-hydrogen) atoms. The van der Waals surface area contributed by atoms with E-state index in [1.807, 2.05) is 0 Å².